The molecule has 1 unspecified atom stereocenters. The second-order valence-corrected chi connectivity index (χ2v) is 6.70. The summed E-state index contributed by atoms with van der Waals surface area (Å²) < 4.78 is 5.63. The SMILES string of the molecule is C/C(COc1ccccc1)=N\N=C1\SC(c2ccccc2)C(=O)N1C. The van der Waals surface area contributed by atoms with Crippen molar-refractivity contribution in [1.29, 1.82) is 0 Å². The summed E-state index contributed by atoms with van der Waals surface area (Å²) in [5.74, 6) is 0.805. The summed E-state index contributed by atoms with van der Waals surface area (Å²) in [5, 5.41) is 8.77. The highest BCUT2D eigenvalue weighted by Gasteiger charge is 2.36. The molecule has 3 rings (SSSR count). The summed E-state index contributed by atoms with van der Waals surface area (Å²) in [6.07, 6.45) is 0. The van der Waals surface area contributed by atoms with E-state index in [4.69, 9.17) is 4.74 Å². The van der Waals surface area contributed by atoms with Crippen LogP contribution in [0.3, 0.4) is 0 Å². The number of carbonyl (C=O) groups is 1. The molecular weight excluding hydrogens is 334 g/mol. The van der Waals surface area contributed by atoms with Crippen LogP contribution in [0.15, 0.2) is 70.9 Å². The lowest BCUT2D eigenvalue weighted by Gasteiger charge is -2.08. The number of amidine groups is 1. The summed E-state index contributed by atoms with van der Waals surface area (Å²) in [6.45, 7) is 2.20. The first-order valence-electron chi connectivity index (χ1n) is 7.93. The van der Waals surface area contributed by atoms with Gasteiger partial charge in [0.15, 0.2) is 5.17 Å². The number of hydrogen-bond acceptors (Lipinski definition) is 5. The molecule has 0 saturated carbocycles. The van der Waals surface area contributed by atoms with Gasteiger partial charge in [0.2, 0.25) is 5.91 Å². The van der Waals surface area contributed by atoms with Crippen molar-refractivity contribution in [3.63, 3.8) is 0 Å². The fourth-order valence-corrected chi connectivity index (χ4v) is 3.39. The summed E-state index contributed by atoms with van der Waals surface area (Å²) in [4.78, 5) is 14.0. The number of carbonyl (C=O) groups excluding carboxylic acids is 1. The van der Waals surface area contributed by atoms with E-state index in [0.29, 0.717) is 11.8 Å². The molecule has 1 aliphatic rings. The van der Waals surface area contributed by atoms with Crippen molar-refractivity contribution in [2.45, 2.75) is 12.2 Å². The quantitative estimate of drug-likeness (QED) is 0.608. The Labute approximate surface area is 151 Å². The fraction of sp³-hybridized carbons (Fsp3) is 0.211. The standard InChI is InChI=1S/C19H19N3O2S/c1-14(13-24-16-11-7-4-8-12-16)20-21-19-22(2)18(23)17(25-19)15-9-5-3-6-10-15/h3-12,17H,13H2,1-2H3/b20-14+,21-19+. The number of likely N-dealkylation sites (N-methyl/N-ethyl adjacent to an activating group) is 1. The van der Waals surface area contributed by atoms with Crippen molar-refractivity contribution in [1.82, 2.24) is 4.90 Å². The number of benzene rings is 2. The monoisotopic (exact) mass is 353 g/mol. The number of nitrogens with zero attached hydrogens (tertiary/aromatic N) is 3. The van der Waals surface area contributed by atoms with E-state index in [1.807, 2.05) is 67.6 Å². The Bertz CT molecular complexity index is 791. The van der Waals surface area contributed by atoms with Gasteiger partial charge in [-0.25, -0.2) is 0 Å². The lowest BCUT2D eigenvalue weighted by atomic mass is 10.1. The van der Waals surface area contributed by atoms with Crippen molar-refractivity contribution < 1.29 is 9.53 Å². The molecule has 0 bridgehead atoms. The second kappa shape index (κ2) is 7.98. The predicted molar refractivity (Wildman–Crippen MR) is 102 cm³/mol. The third kappa shape index (κ3) is 4.28. The van der Waals surface area contributed by atoms with Gasteiger partial charge in [0, 0.05) is 7.05 Å². The van der Waals surface area contributed by atoms with Gasteiger partial charge < -0.3 is 4.74 Å². The first kappa shape index (κ1) is 17.2. The fourth-order valence-electron chi connectivity index (χ4n) is 2.30. The van der Waals surface area contributed by atoms with Gasteiger partial charge in [-0.15, -0.1) is 5.10 Å². The minimum absolute atomic E-state index is 0.0170. The molecule has 1 heterocycles. The molecule has 2 aromatic carbocycles. The summed E-state index contributed by atoms with van der Waals surface area (Å²) in [6, 6.07) is 19.3. The lowest BCUT2D eigenvalue weighted by molar-refractivity contribution is -0.125. The third-order valence-electron chi connectivity index (χ3n) is 3.66. The van der Waals surface area contributed by atoms with Gasteiger partial charge in [-0.05, 0) is 24.6 Å². The van der Waals surface area contributed by atoms with Crippen molar-refractivity contribution in [2.75, 3.05) is 13.7 Å². The van der Waals surface area contributed by atoms with E-state index >= 15 is 0 Å². The van der Waals surface area contributed by atoms with Crippen molar-refractivity contribution >= 4 is 28.5 Å². The molecule has 0 N–H and O–H groups in total. The molecule has 0 spiro atoms. The van der Waals surface area contributed by atoms with Crippen LogP contribution in [0.25, 0.3) is 0 Å². The Morgan fingerprint density at radius 3 is 2.44 bits per heavy atom. The highest BCUT2D eigenvalue weighted by Crippen LogP contribution is 2.38. The smallest absolute Gasteiger partial charge is 0.246 e. The van der Waals surface area contributed by atoms with Crippen molar-refractivity contribution in [2.24, 2.45) is 10.2 Å². The van der Waals surface area contributed by atoms with Crippen LogP contribution in [0.4, 0.5) is 0 Å². The zero-order valence-electron chi connectivity index (χ0n) is 14.1. The predicted octanol–water partition coefficient (Wildman–Crippen LogP) is 3.74. The lowest BCUT2D eigenvalue weighted by Crippen LogP contribution is -2.25. The minimum Gasteiger partial charge on any atom is -0.488 e. The summed E-state index contributed by atoms with van der Waals surface area (Å²) >= 11 is 1.41. The Morgan fingerprint density at radius 2 is 1.76 bits per heavy atom. The number of thioether (sulfide) groups is 1. The molecule has 6 heteroatoms. The van der Waals surface area contributed by atoms with Crippen LogP contribution in [-0.4, -0.2) is 35.3 Å². The van der Waals surface area contributed by atoms with Crippen molar-refractivity contribution in [3.8, 4) is 5.75 Å². The van der Waals surface area contributed by atoms with Crippen LogP contribution >= 0.6 is 11.8 Å². The van der Waals surface area contributed by atoms with Crippen LogP contribution in [0, 0.1) is 0 Å². The average molecular weight is 353 g/mol. The highest BCUT2D eigenvalue weighted by molar-refractivity contribution is 8.15. The maximum absolute atomic E-state index is 12.4. The molecule has 128 valence electrons. The largest absolute Gasteiger partial charge is 0.488 e. The first-order chi connectivity index (χ1) is 12.1. The summed E-state index contributed by atoms with van der Waals surface area (Å²) in [5.41, 5.74) is 1.71. The summed E-state index contributed by atoms with van der Waals surface area (Å²) in [7, 11) is 1.72. The molecule has 2 aromatic rings. The average Bonchev–Trinajstić information content (AvgIpc) is 2.94. The Balaban J connectivity index is 1.65. The molecule has 1 fully saturated rings. The van der Waals surface area contributed by atoms with Gasteiger partial charge in [-0.3, -0.25) is 9.69 Å². The molecular formula is C19H19N3O2S. The van der Waals surface area contributed by atoms with Gasteiger partial charge in [0.1, 0.15) is 17.6 Å². The van der Waals surface area contributed by atoms with Gasteiger partial charge in [0.05, 0.1) is 5.71 Å². The second-order valence-electron chi connectivity index (χ2n) is 5.63. The van der Waals surface area contributed by atoms with Crippen LogP contribution in [0.1, 0.15) is 17.7 Å². The molecule has 25 heavy (non-hydrogen) atoms. The molecule has 0 radical (unpaired) electrons. The number of hydrogen-bond donors (Lipinski definition) is 0. The van der Waals surface area contributed by atoms with E-state index in [2.05, 4.69) is 10.2 Å². The van der Waals surface area contributed by atoms with Crippen LogP contribution in [0.2, 0.25) is 0 Å². The Kier molecular flexibility index (Phi) is 5.50. The molecule has 1 saturated heterocycles. The zero-order chi connectivity index (χ0) is 17.6. The van der Waals surface area contributed by atoms with E-state index in [1.165, 1.54) is 11.8 Å². The number of ether oxygens (including phenoxy) is 1. The zero-order valence-corrected chi connectivity index (χ0v) is 14.9. The first-order valence-corrected chi connectivity index (χ1v) is 8.81. The number of rotatable bonds is 5. The normalized spacial score (nSPS) is 19.5. The van der Waals surface area contributed by atoms with E-state index in [9.17, 15) is 4.79 Å². The Morgan fingerprint density at radius 1 is 1.12 bits per heavy atom. The minimum atomic E-state index is -0.263. The van der Waals surface area contributed by atoms with E-state index in [1.54, 1.807) is 11.9 Å². The molecule has 1 aliphatic heterocycles. The number of amides is 1. The maximum atomic E-state index is 12.4. The molecule has 5 nitrogen and oxygen atoms in total. The van der Waals surface area contributed by atoms with Crippen LogP contribution in [0.5, 0.6) is 5.75 Å². The Hall–Kier alpha value is -2.60. The maximum Gasteiger partial charge on any atom is 0.246 e. The molecule has 0 aromatic heterocycles. The topological polar surface area (TPSA) is 54.3 Å². The van der Waals surface area contributed by atoms with Gasteiger partial charge in [-0.2, -0.15) is 5.10 Å². The van der Waals surface area contributed by atoms with E-state index in [0.717, 1.165) is 17.0 Å². The van der Waals surface area contributed by atoms with E-state index in [-0.39, 0.29) is 11.2 Å². The third-order valence-corrected chi connectivity index (χ3v) is 4.94. The molecule has 0 aliphatic carbocycles. The van der Waals surface area contributed by atoms with Gasteiger partial charge >= 0.3 is 0 Å². The highest BCUT2D eigenvalue weighted by atomic mass is 32.2. The van der Waals surface area contributed by atoms with Crippen LogP contribution < -0.4 is 4.74 Å². The number of para-hydroxylation sites is 1. The molecule has 1 amide bonds. The van der Waals surface area contributed by atoms with Gasteiger partial charge in [0.25, 0.3) is 0 Å². The van der Waals surface area contributed by atoms with Crippen molar-refractivity contribution in [3.05, 3.63) is 66.2 Å². The molecule has 1 atom stereocenters. The van der Waals surface area contributed by atoms with Gasteiger partial charge in [-0.1, -0.05) is 60.3 Å². The van der Waals surface area contributed by atoms with Crippen LogP contribution in [-0.2, 0) is 4.79 Å². The van der Waals surface area contributed by atoms with E-state index < -0.39 is 0 Å².